The largest absolute Gasteiger partial charge is 0.352 e. The number of carbonyl (C=O) groups is 1. The number of amides is 1. The summed E-state index contributed by atoms with van der Waals surface area (Å²) in [7, 11) is 0. The van der Waals surface area contributed by atoms with E-state index in [1.54, 1.807) is 6.07 Å². The van der Waals surface area contributed by atoms with Crippen molar-refractivity contribution in [1.82, 2.24) is 10.3 Å². The summed E-state index contributed by atoms with van der Waals surface area (Å²) in [6.07, 6.45) is 0. The zero-order chi connectivity index (χ0) is 13.8. The highest BCUT2D eigenvalue weighted by Crippen LogP contribution is 2.17. The van der Waals surface area contributed by atoms with Crippen molar-refractivity contribution in [3.05, 3.63) is 41.6 Å². The topological polar surface area (TPSA) is 68.0 Å². The fourth-order valence-corrected chi connectivity index (χ4v) is 1.87. The van der Waals surface area contributed by atoms with E-state index in [-0.39, 0.29) is 11.8 Å². The molecule has 0 fully saturated rings. The summed E-state index contributed by atoms with van der Waals surface area (Å²) >= 11 is 0. The van der Waals surface area contributed by atoms with Gasteiger partial charge in [-0.05, 0) is 31.5 Å². The summed E-state index contributed by atoms with van der Waals surface area (Å²) in [6, 6.07) is 9.57. The molecule has 4 heteroatoms. The number of nitrogens with one attached hydrogen (secondary N) is 1. The molecule has 1 atom stereocenters. The molecule has 1 amide bonds. The number of aryl methyl sites for hydroxylation is 1. The van der Waals surface area contributed by atoms with Gasteiger partial charge in [0.05, 0.1) is 11.1 Å². The number of hydrogen-bond acceptors (Lipinski definition) is 3. The minimum atomic E-state index is -0.0935. The lowest BCUT2D eigenvalue weighted by atomic mass is 10.1. The van der Waals surface area contributed by atoms with Crippen LogP contribution in [0.4, 0.5) is 0 Å². The molecule has 2 rings (SSSR count). The van der Waals surface area contributed by atoms with E-state index < -0.39 is 0 Å². The highest BCUT2D eigenvalue weighted by atomic mass is 16.1. The molecule has 3 N–H and O–H groups in total. The Bertz CT molecular complexity index is 595. The van der Waals surface area contributed by atoms with E-state index in [1.165, 1.54) is 0 Å². The van der Waals surface area contributed by atoms with Crippen LogP contribution in [0.3, 0.4) is 0 Å². The maximum atomic E-state index is 12.2. The van der Waals surface area contributed by atoms with Crippen molar-refractivity contribution in [3.63, 3.8) is 0 Å². The average molecular weight is 257 g/mol. The first kappa shape index (κ1) is 13.5. The van der Waals surface area contributed by atoms with E-state index in [0.717, 1.165) is 16.6 Å². The monoisotopic (exact) mass is 257 g/mol. The second kappa shape index (κ2) is 5.80. The molecular formula is C15H19N3O. The number of hydrogen-bond donors (Lipinski definition) is 2. The molecule has 1 aromatic carbocycles. The van der Waals surface area contributed by atoms with Crippen molar-refractivity contribution in [2.24, 2.45) is 11.7 Å². The molecule has 1 aromatic heterocycles. The third-order valence-electron chi connectivity index (χ3n) is 3.12. The van der Waals surface area contributed by atoms with Gasteiger partial charge in [-0.15, -0.1) is 0 Å². The number of aromatic nitrogens is 1. The van der Waals surface area contributed by atoms with Crippen LogP contribution in [0.1, 0.15) is 23.0 Å². The molecule has 0 aliphatic carbocycles. The second-order valence-corrected chi connectivity index (χ2v) is 4.88. The quantitative estimate of drug-likeness (QED) is 0.878. The molecule has 0 spiro atoms. The molecular weight excluding hydrogens is 238 g/mol. The Balaban J connectivity index is 2.29. The number of para-hydroxylation sites is 1. The summed E-state index contributed by atoms with van der Waals surface area (Å²) in [6.45, 7) is 5.07. The zero-order valence-corrected chi connectivity index (χ0v) is 11.3. The summed E-state index contributed by atoms with van der Waals surface area (Å²) in [5.74, 6) is 0.178. The Labute approximate surface area is 113 Å². The Morgan fingerprint density at radius 2 is 2.16 bits per heavy atom. The highest BCUT2D eigenvalue weighted by Gasteiger charge is 2.11. The Morgan fingerprint density at radius 3 is 2.89 bits per heavy atom. The lowest BCUT2D eigenvalue weighted by Crippen LogP contribution is -2.31. The van der Waals surface area contributed by atoms with Gasteiger partial charge in [-0.25, -0.2) is 0 Å². The van der Waals surface area contributed by atoms with Crippen LogP contribution < -0.4 is 11.1 Å². The smallest absolute Gasteiger partial charge is 0.253 e. The minimum Gasteiger partial charge on any atom is -0.352 e. The van der Waals surface area contributed by atoms with Gasteiger partial charge in [0.15, 0.2) is 0 Å². The van der Waals surface area contributed by atoms with Crippen LogP contribution in [-0.4, -0.2) is 24.0 Å². The number of nitrogens with two attached hydrogens (primary N) is 1. The van der Waals surface area contributed by atoms with Gasteiger partial charge >= 0.3 is 0 Å². The van der Waals surface area contributed by atoms with Crippen LogP contribution in [0.5, 0.6) is 0 Å². The molecule has 0 aliphatic rings. The van der Waals surface area contributed by atoms with Gasteiger partial charge in [0.25, 0.3) is 5.91 Å². The first-order valence-corrected chi connectivity index (χ1v) is 6.46. The fourth-order valence-electron chi connectivity index (χ4n) is 1.87. The van der Waals surface area contributed by atoms with E-state index in [1.807, 2.05) is 38.1 Å². The van der Waals surface area contributed by atoms with Gasteiger partial charge in [0.1, 0.15) is 0 Å². The van der Waals surface area contributed by atoms with Gasteiger partial charge in [-0.2, -0.15) is 0 Å². The summed E-state index contributed by atoms with van der Waals surface area (Å²) in [5, 5.41) is 3.88. The van der Waals surface area contributed by atoms with E-state index in [4.69, 9.17) is 5.73 Å². The summed E-state index contributed by atoms with van der Waals surface area (Å²) in [4.78, 5) is 16.7. The van der Waals surface area contributed by atoms with Crippen molar-refractivity contribution >= 4 is 16.8 Å². The van der Waals surface area contributed by atoms with Crippen LogP contribution in [0.2, 0.25) is 0 Å². The molecule has 1 heterocycles. The molecule has 0 saturated carbocycles. The predicted molar refractivity (Wildman–Crippen MR) is 77.0 cm³/mol. The molecule has 0 radical (unpaired) electrons. The molecule has 19 heavy (non-hydrogen) atoms. The van der Waals surface area contributed by atoms with Gasteiger partial charge in [0.2, 0.25) is 0 Å². The zero-order valence-electron chi connectivity index (χ0n) is 11.3. The second-order valence-electron chi connectivity index (χ2n) is 4.88. The van der Waals surface area contributed by atoms with Gasteiger partial charge < -0.3 is 11.1 Å². The average Bonchev–Trinajstić information content (AvgIpc) is 2.43. The van der Waals surface area contributed by atoms with Crippen LogP contribution in [-0.2, 0) is 0 Å². The maximum Gasteiger partial charge on any atom is 0.253 e. The van der Waals surface area contributed by atoms with Gasteiger partial charge in [-0.3, -0.25) is 9.78 Å². The van der Waals surface area contributed by atoms with Crippen molar-refractivity contribution in [1.29, 1.82) is 0 Å². The number of pyridine rings is 1. The Hall–Kier alpha value is -1.94. The van der Waals surface area contributed by atoms with Crippen LogP contribution >= 0.6 is 0 Å². The van der Waals surface area contributed by atoms with Crippen molar-refractivity contribution in [2.75, 3.05) is 13.1 Å². The number of rotatable bonds is 4. The van der Waals surface area contributed by atoms with E-state index in [2.05, 4.69) is 10.3 Å². The lowest BCUT2D eigenvalue weighted by molar-refractivity contribution is 0.0950. The van der Waals surface area contributed by atoms with E-state index in [0.29, 0.717) is 18.7 Å². The minimum absolute atomic E-state index is 0.0935. The SMILES string of the molecule is Cc1ccc2cccc(C(=O)NCC(C)CN)c2n1. The molecule has 2 aromatic rings. The lowest BCUT2D eigenvalue weighted by Gasteiger charge is -2.11. The van der Waals surface area contributed by atoms with E-state index >= 15 is 0 Å². The van der Waals surface area contributed by atoms with Crippen molar-refractivity contribution in [3.8, 4) is 0 Å². The molecule has 0 aliphatic heterocycles. The van der Waals surface area contributed by atoms with E-state index in [9.17, 15) is 4.79 Å². The number of nitrogens with zero attached hydrogens (tertiary/aromatic N) is 1. The third kappa shape index (κ3) is 3.09. The molecule has 0 bridgehead atoms. The molecule has 100 valence electrons. The standard InChI is InChI=1S/C15H19N3O/c1-10(8-16)9-17-15(19)13-5-3-4-12-7-6-11(2)18-14(12)13/h3-7,10H,8-9,16H2,1-2H3,(H,17,19). The molecule has 0 saturated heterocycles. The predicted octanol–water partition coefficient (Wildman–Crippen LogP) is 1.87. The van der Waals surface area contributed by atoms with Gasteiger partial charge in [0, 0.05) is 17.6 Å². The van der Waals surface area contributed by atoms with Crippen molar-refractivity contribution in [2.45, 2.75) is 13.8 Å². The number of benzene rings is 1. The molecule has 4 nitrogen and oxygen atoms in total. The van der Waals surface area contributed by atoms with Crippen LogP contribution in [0.15, 0.2) is 30.3 Å². The fraction of sp³-hybridized carbons (Fsp3) is 0.333. The van der Waals surface area contributed by atoms with Crippen LogP contribution in [0.25, 0.3) is 10.9 Å². The Morgan fingerprint density at radius 1 is 1.37 bits per heavy atom. The first-order valence-electron chi connectivity index (χ1n) is 6.46. The summed E-state index contributed by atoms with van der Waals surface area (Å²) in [5.41, 5.74) is 7.82. The Kier molecular flexibility index (Phi) is 4.12. The molecule has 1 unspecified atom stereocenters. The number of carbonyl (C=O) groups excluding carboxylic acids is 1. The van der Waals surface area contributed by atoms with Gasteiger partial charge in [-0.1, -0.05) is 25.1 Å². The normalized spacial score (nSPS) is 12.4. The summed E-state index contributed by atoms with van der Waals surface area (Å²) < 4.78 is 0. The maximum absolute atomic E-state index is 12.2. The first-order chi connectivity index (χ1) is 9.11. The highest BCUT2D eigenvalue weighted by molar-refractivity contribution is 6.05. The third-order valence-corrected chi connectivity index (χ3v) is 3.12. The van der Waals surface area contributed by atoms with Crippen molar-refractivity contribution < 1.29 is 4.79 Å². The number of fused-ring (bicyclic) bond motifs is 1. The van der Waals surface area contributed by atoms with Crippen LogP contribution in [0, 0.1) is 12.8 Å².